The van der Waals surface area contributed by atoms with Gasteiger partial charge in [0.2, 0.25) is 0 Å². The van der Waals surface area contributed by atoms with Crippen LogP contribution < -0.4 is 19.5 Å². The zero-order valence-corrected chi connectivity index (χ0v) is 29.9. The van der Waals surface area contributed by atoms with E-state index in [0.29, 0.717) is 29.4 Å². The highest BCUT2D eigenvalue weighted by molar-refractivity contribution is 5.96. The van der Waals surface area contributed by atoms with Crippen LogP contribution in [0.25, 0.3) is 0 Å². The summed E-state index contributed by atoms with van der Waals surface area (Å²) in [6, 6.07) is 14.4. The van der Waals surface area contributed by atoms with Crippen molar-refractivity contribution in [3.8, 4) is 23.0 Å². The van der Waals surface area contributed by atoms with Gasteiger partial charge in [0, 0.05) is 60.2 Å². The third-order valence-corrected chi connectivity index (χ3v) is 7.98. The van der Waals surface area contributed by atoms with Gasteiger partial charge in [-0.2, -0.15) is 0 Å². The van der Waals surface area contributed by atoms with Crippen LogP contribution in [0.3, 0.4) is 0 Å². The first kappa shape index (κ1) is 39.1. The van der Waals surface area contributed by atoms with Gasteiger partial charge in [-0.05, 0) is 84.4 Å². The molecule has 0 spiro atoms. The number of esters is 2. The average Bonchev–Trinajstić information content (AvgIpc) is 3.07. The van der Waals surface area contributed by atoms with Crippen LogP contribution in [0.1, 0.15) is 85.4 Å². The minimum absolute atomic E-state index is 0.0377. The molecule has 51 heavy (non-hydrogen) atoms. The van der Waals surface area contributed by atoms with Crippen LogP contribution in [-0.2, 0) is 29.6 Å². The van der Waals surface area contributed by atoms with Crippen molar-refractivity contribution in [1.29, 1.82) is 0 Å². The summed E-state index contributed by atoms with van der Waals surface area (Å²) in [6.45, 7) is 10.6. The molecule has 1 aliphatic rings. The van der Waals surface area contributed by atoms with E-state index in [9.17, 15) is 24.3 Å². The number of fused-ring (bicyclic) bond motifs is 2. The van der Waals surface area contributed by atoms with Gasteiger partial charge in [0.15, 0.2) is 5.60 Å². The Balaban J connectivity index is 1.72. The lowest BCUT2D eigenvalue weighted by molar-refractivity contribution is -0.259. The lowest BCUT2D eigenvalue weighted by atomic mass is 9.75. The van der Waals surface area contributed by atoms with Gasteiger partial charge in [-0.1, -0.05) is 6.07 Å². The van der Waals surface area contributed by atoms with Crippen LogP contribution in [0.15, 0.2) is 54.6 Å². The van der Waals surface area contributed by atoms with Crippen LogP contribution >= 0.6 is 0 Å². The number of rotatable bonds is 14. The molecule has 3 N–H and O–H groups in total. The van der Waals surface area contributed by atoms with Gasteiger partial charge in [-0.25, -0.2) is 4.89 Å². The van der Waals surface area contributed by atoms with Crippen molar-refractivity contribution in [2.45, 2.75) is 59.7 Å². The summed E-state index contributed by atoms with van der Waals surface area (Å²) in [5.41, 5.74) is -1.23. The number of aliphatic hydroxyl groups is 1. The van der Waals surface area contributed by atoms with Gasteiger partial charge in [-0.3, -0.25) is 24.4 Å². The third-order valence-electron chi connectivity index (χ3n) is 7.98. The Morgan fingerprint density at radius 1 is 0.843 bits per heavy atom. The standard InChI is InChI=1S/C38H45NO12/c1-36(2,3)34(43)49-26-10-13-29-31(18-26)51-32-19-27(50-35(44)37(4,5)6)11-14-30(32)38(29,46-7)28-12-9-23(17-24(28)20-40)33(42)39-15-8-16-47-21-25(41)22-48-45/h9-14,17-20,25,41,45H,8,15-16,21-22H2,1-7H3,(H,39,42). The molecule has 1 amide bonds. The summed E-state index contributed by atoms with van der Waals surface area (Å²) < 4.78 is 29.3. The maximum atomic E-state index is 13.1. The summed E-state index contributed by atoms with van der Waals surface area (Å²) in [6.07, 6.45) is 0.101. The largest absolute Gasteiger partial charge is 0.456 e. The van der Waals surface area contributed by atoms with Crippen molar-refractivity contribution in [1.82, 2.24) is 5.32 Å². The maximum Gasteiger partial charge on any atom is 0.316 e. The van der Waals surface area contributed by atoms with Gasteiger partial charge in [-0.15, -0.1) is 0 Å². The predicted octanol–water partition coefficient (Wildman–Crippen LogP) is 5.43. The molecular formula is C38H45NO12. The first-order valence-electron chi connectivity index (χ1n) is 16.4. The summed E-state index contributed by atoms with van der Waals surface area (Å²) in [5, 5.41) is 20.7. The summed E-state index contributed by atoms with van der Waals surface area (Å²) in [4.78, 5) is 55.1. The number of hydrogen-bond acceptors (Lipinski definition) is 12. The predicted molar refractivity (Wildman–Crippen MR) is 184 cm³/mol. The molecule has 1 aliphatic heterocycles. The van der Waals surface area contributed by atoms with E-state index in [-0.39, 0.29) is 60.5 Å². The fourth-order valence-corrected chi connectivity index (χ4v) is 5.24. The molecule has 0 aromatic heterocycles. The van der Waals surface area contributed by atoms with E-state index in [1.807, 2.05) is 0 Å². The summed E-state index contributed by atoms with van der Waals surface area (Å²) in [7, 11) is 1.48. The summed E-state index contributed by atoms with van der Waals surface area (Å²) >= 11 is 0. The molecular weight excluding hydrogens is 662 g/mol. The second-order valence-electron chi connectivity index (χ2n) is 14.1. The minimum atomic E-state index is -1.46. The monoisotopic (exact) mass is 707 g/mol. The molecule has 1 heterocycles. The van der Waals surface area contributed by atoms with E-state index in [2.05, 4.69) is 10.2 Å². The molecule has 0 aliphatic carbocycles. The van der Waals surface area contributed by atoms with E-state index in [1.165, 1.54) is 13.2 Å². The second kappa shape index (κ2) is 16.1. The molecule has 4 rings (SSSR count). The van der Waals surface area contributed by atoms with Crippen molar-refractivity contribution in [3.05, 3.63) is 82.4 Å². The van der Waals surface area contributed by atoms with Gasteiger partial charge in [0.05, 0.1) is 17.4 Å². The minimum Gasteiger partial charge on any atom is -0.456 e. The molecule has 13 heteroatoms. The Morgan fingerprint density at radius 3 is 1.88 bits per heavy atom. The van der Waals surface area contributed by atoms with Crippen molar-refractivity contribution < 1.29 is 58.1 Å². The van der Waals surface area contributed by atoms with E-state index in [0.717, 1.165) is 0 Å². The molecule has 13 nitrogen and oxygen atoms in total. The molecule has 3 aromatic rings. The number of aliphatic hydroxyl groups excluding tert-OH is 1. The number of ether oxygens (including phenoxy) is 5. The normalized spacial score (nSPS) is 14.0. The Kier molecular flexibility index (Phi) is 12.4. The van der Waals surface area contributed by atoms with Gasteiger partial charge in [0.1, 0.15) is 42.0 Å². The topological polar surface area (TPSA) is 176 Å². The van der Waals surface area contributed by atoms with Crippen molar-refractivity contribution >= 4 is 24.1 Å². The average molecular weight is 708 g/mol. The van der Waals surface area contributed by atoms with Crippen molar-refractivity contribution in [2.75, 3.05) is 33.5 Å². The number of carbonyl (C=O) groups excluding carboxylic acids is 4. The summed E-state index contributed by atoms with van der Waals surface area (Å²) in [5.74, 6) is -0.357. The molecule has 3 aromatic carbocycles. The van der Waals surface area contributed by atoms with Crippen LogP contribution in [0, 0.1) is 10.8 Å². The number of aldehydes is 1. The first-order valence-corrected chi connectivity index (χ1v) is 16.4. The van der Waals surface area contributed by atoms with Crippen LogP contribution in [-0.4, -0.2) is 74.1 Å². The number of nitrogens with one attached hydrogen (secondary N) is 1. The van der Waals surface area contributed by atoms with Gasteiger partial charge in [0.25, 0.3) is 5.91 Å². The first-order chi connectivity index (χ1) is 24.0. The van der Waals surface area contributed by atoms with Gasteiger partial charge >= 0.3 is 11.9 Å². The number of hydrogen-bond donors (Lipinski definition) is 3. The highest BCUT2D eigenvalue weighted by Gasteiger charge is 2.46. The molecule has 1 atom stereocenters. The highest BCUT2D eigenvalue weighted by Crippen LogP contribution is 2.54. The lowest BCUT2D eigenvalue weighted by Crippen LogP contribution is -2.36. The Bertz CT molecular complexity index is 1680. The number of benzene rings is 3. The smallest absolute Gasteiger partial charge is 0.316 e. The maximum absolute atomic E-state index is 13.1. The fourth-order valence-electron chi connectivity index (χ4n) is 5.24. The number of carbonyl (C=O) groups is 4. The van der Waals surface area contributed by atoms with Crippen molar-refractivity contribution in [2.24, 2.45) is 10.8 Å². The quantitative estimate of drug-likeness (QED) is 0.0484. The molecule has 0 fully saturated rings. The van der Waals surface area contributed by atoms with Crippen LogP contribution in [0.5, 0.6) is 23.0 Å². The molecule has 1 unspecified atom stereocenters. The highest BCUT2D eigenvalue weighted by atomic mass is 17.1. The number of methoxy groups -OCH3 is 1. The Labute approximate surface area is 296 Å². The molecule has 274 valence electrons. The number of amides is 1. The van der Waals surface area contributed by atoms with E-state index >= 15 is 0 Å². The molecule has 0 radical (unpaired) electrons. The lowest BCUT2D eigenvalue weighted by Gasteiger charge is -2.40. The fraction of sp³-hybridized carbons (Fsp3) is 0.421. The van der Waals surface area contributed by atoms with E-state index in [1.54, 1.807) is 90.1 Å². The SMILES string of the molecule is COC1(c2ccc(C(=O)NCCCOCC(O)COO)cc2C=O)c2ccc(OC(=O)C(C)(C)C)cc2Oc2cc(OC(=O)C(C)(C)C)ccc21. The van der Waals surface area contributed by atoms with Gasteiger partial charge < -0.3 is 34.1 Å². The van der Waals surface area contributed by atoms with Crippen LogP contribution in [0.2, 0.25) is 0 Å². The zero-order chi connectivity index (χ0) is 37.6. The second-order valence-corrected chi connectivity index (χ2v) is 14.1. The molecule has 0 saturated heterocycles. The molecule has 0 bridgehead atoms. The Morgan fingerprint density at radius 2 is 1.39 bits per heavy atom. The molecule has 0 saturated carbocycles. The van der Waals surface area contributed by atoms with Crippen molar-refractivity contribution in [3.63, 3.8) is 0 Å². The third kappa shape index (κ3) is 8.99. The Hall–Kier alpha value is -4.66. The zero-order valence-electron chi connectivity index (χ0n) is 29.9. The van der Waals surface area contributed by atoms with E-state index < -0.39 is 40.4 Å². The van der Waals surface area contributed by atoms with Crippen LogP contribution in [0.4, 0.5) is 0 Å². The van der Waals surface area contributed by atoms with E-state index in [4.69, 9.17) is 28.9 Å².